The van der Waals surface area contributed by atoms with Gasteiger partial charge in [0.15, 0.2) is 0 Å². The predicted octanol–water partition coefficient (Wildman–Crippen LogP) is 0.450. The van der Waals surface area contributed by atoms with Gasteiger partial charge in [0.05, 0.1) is 37.2 Å². The predicted molar refractivity (Wildman–Crippen MR) is 89.9 cm³/mol. The fraction of sp³-hybridized carbons (Fsp3) is 0.750. The van der Waals surface area contributed by atoms with Crippen LogP contribution in [0.15, 0.2) is 12.4 Å². The number of hydrogen-bond acceptors (Lipinski definition) is 5. The second-order valence-corrected chi connectivity index (χ2v) is 7.13. The minimum absolute atomic E-state index is 0.136. The van der Waals surface area contributed by atoms with Crippen LogP contribution >= 0.6 is 0 Å². The van der Waals surface area contributed by atoms with Gasteiger partial charge in [-0.05, 0) is 13.8 Å². The van der Waals surface area contributed by atoms with Crippen LogP contribution in [-0.2, 0) is 11.3 Å². The fourth-order valence-corrected chi connectivity index (χ4v) is 2.91. The van der Waals surface area contributed by atoms with Crippen molar-refractivity contribution in [3.8, 4) is 0 Å². The monoisotopic (exact) mass is 337 g/mol. The van der Waals surface area contributed by atoms with Crippen LogP contribution in [-0.4, -0.2) is 82.3 Å². The topological polar surface area (TPSA) is 82.9 Å². The molecule has 2 aliphatic heterocycles. The average Bonchev–Trinajstić information content (AvgIpc) is 2.90. The standard InChI is InChI=1S/C16H27N5O3/c1-16(2,23)13-10-20(11-13)15(22)18-14-9-17-21(12-14)4-3-19-5-7-24-8-6-19/h9,12-13,23H,3-8,10-11H2,1-2H3,(H,18,22). The first-order valence-electron chi connectivity index (χ1n) is 8.52. The molecule has 8 nitrogen and oxygen atoms in total. The van der Waals surface area contributed by atoms with Crippen molar-refractivity contribution in [2.24, 2.45) is 5.92 Å². The number of carbonyl (C=O) groups is 1. The Morgan fingerprint density at radius 1 is 1.38 bits per heavy atom. The lowest BCUT2D eigenvalue weighted by Crippen LogP contribution is -2.58. The molecule has 0 unspecified atom stereocenters. The van der Waals surface area contributed by atoms with Crippen LogP contribution in [0.4, 0.5) is 10.5 Å². The maximum absolute atomic E-state index is 12.2. The van der Waals surface area contributed by atoms with Gasteiger partial charge < -0.3 is 20.1 Å². The summed E-state index contributed by atoms with van der Waals surface area (Å²) in [4.78, 5) is 16.2. The van der Waals surface area contributed by atoms with E-state index in [0.29, 0.717) is 18.8 Å². The highest BCUT2D eigenvalue weighted by Gasteiger charge is 2.39. The third kappa shape index (κ3) is 4.25. The molecule has 24 heavy (non-hydrogen) atoms. The maximum Gasteiger partial charge on any atom is 0.321 e. The lowest BCUT2D eigenvalue weighted by molar-refractivity contribution is -0.0440. The zero-order chi connectivity index (χ0) is 17.2. The molecule has 0 aliphatic carbocycles. The summed E-state index contributed by atoms with van der Waals surface area (Å²) in [5.74, 6) is 0.138. The summed E-state index contributed by atoms with van der Waals surface area (Å²) in [5.41, 5.74) is -0.0325. The molecule has 2 N–H and O–H groups in total. The van der Waals surface area contributed by atoms with Crippen molar-refractivity contribution in [3.05, 3.63) is 12.4 Å². The van der Waals surface area contributed by atoms with E-state index in [9.17, 15) is 9.90 Å². The summed E-state index contributed by atoms with van der Waals surface area (Å²) in [6.45, 7) is 9.96. The Hall–Kier alpha value is -1.64. The van der Waals surface area contributed by atoms with Crippen LogP contribution in [0.5, 0.6) is 0 Å². The lowest BCUT2D eigenvalue weighted by atomic mass is 9.85. The number of ether oxygens (including phenoxy) is 1. The molecule has 2 fully saturated rings. The molecular weight excluding hydrogens is 310 g/mol. The van der Waals surface area contributed by atoms with Gasteiger partial charge in [-0.3, -0.25) is 9.58 Å². The zero-order valence-electron chi connectivity index (χ0n) is 14.4. The number of nitrogens with zero attached hydrogens (tertiary/aromatic N) is 4. The smallest absolute Gasteiger partial charge is 0.321 e. The summed E-state index contributed by atoms with van der Waals surface area (Å²) < 4.78 is 7.18. The van der Waals surface area contributed by atoms with Gasteiger partial charge in [-0.2, -0.15) is 5.10 Å². The molecular formula is C16H27N5O3. The van der Waals surface area contributed by atoms with E-state index in [0.717, 1.165) is 39.4 Å². The van der Waals surface area contributed by atoms with Gasteiger partial charge in [-0.15, -0.1) is 0 Å². The summed E-state index contributed by atoms with van der Waals surface area (Å²) in [7, 11) is 0. The molecule has 1 aromatic heterocycles. The molecule has 0 bridgehead atoms. The SMILES string of the molecule is CC(C)(O)C1CN(C(=O)Nc2cnn(CCN3CCOCC3)c2)C1. The van der Waals surface area contributed by atoms with Crippen molar-refractivity contribution < 1.29 is 14.6 Å². The Balaban J connectivity index is 1.42. The Labute approximate surface area is 142 Å². The number of hydrogen-bond donors (Lipinski definition) is 2. The molecule has 2 saturated heterocycles. The van der Waals surface area contributed by atoms with Crippen molar-refractivity contribution in [2.75, 3.05) is 51.3 Å². The van der Waals surface area contributed by atoms with Gasteiger partial charge in [0, 0.05) is 44.8 Å². The summed E-state index contributed by atoms with van der Waals surface area (Å²) in [5, 5.41) is 17.1. The average molecular weight is 337 g/mol. The van der Waals surface area contributed by atoms with Crippen LogP contribution in [0.3, 0.4) is 0 Å². The van der Waals surface area contributed by atoms with E-state index in [2.05, 4.69) is 15.3 Å². The summed E-state index contributed by atoms with van der Waals surface area (Å²) in [6, 6.07) is -0.136. The molecule has 134 valence electrons. The van der Waals surface area contributed by atoms with Crippen molar-refractivity contribution in [1.29, 1.82) is 0 Å². The van der Waals surface area contributed by atoms with E-state index >= 15 is 0 Å². The molecule has 3 heterocycles. The molecule has 2 aliphatic rings. The molecule has 1 aromatic rings. The van der Waals surface area contributed by atoms with Gasteiger partial charge in [-0.1, -0.05) is 0 Å². The first-order chi connectivity index (χ1) is 11.4. The highest BCUT2D eigenvalue weighted by atomic mass is 16.5. The normalized spacial score (nSPS) is 20.0. The maximum atomic E-state index is 12.2. The van der Waals surface area contributed by atoms with E-state index in [1.807, 2.05) is 10.9 Å². The Morgan fingerprint density at radius 3 is 2.75 bits per heavy atom. The number of urea groups is 1. The number of aliphatic hydroxyl groups is 1. The highest BCUT2D eigenvalue weighted by Crippen LogP contribution is 2.27. The number of nitrogens with one attached hydrogen (secondary N) is 1. The van der Waals surface area contributed by atoms with E-state index < -0.39 is 5.60 Å². The van der Waals surface area contributed by atoms with E-state index in [1.54, 1.807) is 24.9 Å². The number of rotatable bonds is 5. The largest absolute Gasteiger partial charge is 0.390 e. The van der Waals surface area contributed by atoms with Crippen LogP contribution in [0.1, 0.15) is 13.8 Å². The quantitative estimate of drug-likeness (QED) is 0.815. The minimum atomic E-state index is -0.735. The Morgan fingerprint density at radius 2 is 2.08 bits per heavy atom. The van der Waals surface area contributed by atoms with E-state index in [4.69, 9.17) is 4.74 Å². The number of aromatic nitrogens is 2. The molecule has 0 spiro atoms. The van der Waals surface area contributed by atoms with Crippen molar-refractivity contribution in [1.82, 2.24) is 19.6 Å². The van der Waals surface area contributed by atoms with Gasteiger partial charge in [0.25, 0.3) is 0 Å². The van der Waals surface area contributed by atoms with Crippen LogP contribution in [0.2, 0.25) is 0 Å². The molecule has 3 rings (SSSR count). The number of amides is 2. The number of morpholine rings is 1. The zero-order valence-corrected chi connectivity index (χ0v) is 14.4. The number of carbonyl (C=O) groups excluding carboxylic acids is 1. The van der Waals surface area contributed by atoms with Gasteiger partial charge in [0.1, 0.15) is 0 Å². The summed E-state index contributed by atoms with van der Waals surface area (Å²) in [6.07, 6.45) is 3.52. The van der Waals surface area contributed by atoms with Gasteiger partial charge in [-0.25, -0.2) is 4.79 Å². The fourth-order valence-electron chi connectivity index (χ4n) is 2.91. The van der Waals surface area contributed by atoms with Crippen LogP contribution in [0.25, 0.3) is 0 Å². The number of likely N-dealkylation sites (tertiary alicyclic amines) is 1. The van der Waals surface area contributed by atoms with E-state index in [1.165, 1.54) is 0 Å². The Bertz CT molecular complexity index is 556. The lowest BCUT2D eigenvalue weighted by Gasteiger charge is -2.44. The molecule has 0 aromatic carbocycles. The molecule has 0 radical (unpaired) electrons. The first kappa shape index (κ1) is 17.2. The minimum Gasteiger partial charge on any atom is -0.390 e. The van der Waals surface area contributed by atoms with E-state index in [-0.39, 0.29) is 11.9 Å². The third-order valence-electron chi connectivity index (χ3n) is 4.80. The Kier molecular flexibility index (Phi) is 5.07. The molecule has 2 amide bonds. The molecule has 8 heteroatoms. The van der Waals surface area contributed by atoms with Crippen molar-refractivity contribution in [3.63, 3.8) is 0 Å². The first-order valence-corrected chi connectivity index (χ1v) is 8.52. The third-order valence-corrected chi connectivity index (χ3v) is 4.80. The molecule has 0 atom stereocenters. The van der Waals surface area contributed by atoms with Crippen molar-refractivity contribution >= 4 is 11.7 Å². The highest BCUT2D eigenvalue weighted by molar-refractivity contribution is 5.89. The molecule has 0 saturated carbocycles. The number of anilines is 1. The van der Waals surface area contributed by atoms with Gasteiger partial charge >= 0.3 is 6.03 Å². The van der Waals surface area contributed by atoms with Crippen LogP contribution in [0, 0.1) is 5.92 Å². The summed E-state index contributed by atoms with van der Waals surface area (Å²) >= 11 is 0. The second kappa shape index (κ2) is 7.08. The van der Waals surface area contributed by atoms with Crippen LogP contribution < -0.4 is 5.32 Å². The van der Waals surface area contributed by atoms with Gasteiger partial charge in [0.2, 0.25) is 0 Å². The van der Waals surface area contributed by atoms with Crippen molar-refractivity contribution in [2.45, 2.75) is 26.0 Å². The second-order valence-electron chi connectivity index (χ2n) is 7.13.